The summed E-state index contributed by atoms with van der Waals surface area (Å²) in [5.74, 6) is 1.45. The maximum absolute atomic E-state index is 5.88. The largest absolute Gasteiger partial charge is 0.486 e. The van der Waals surface area contributed by atoms with Crippen LogP contribution in [-0.2, 0) is 6.54 Å². The van der Waals surface area contributed by atoms with Gasteiger partial charge in [-0.1, -0.05) is 0 Å². The smallest absolute Gasteiger partial charge is 0.180 e. The predicted octanol–water partition coefficient (Wildman–Crippen LogP) is 2.26. The Labute approximate surface area is 102 Å². The molecule has 94 valence electrons. The molecule has 0 amide bonds. The summed E-state index contributed by atoms with van der Waals surface area (Å²) in [6.45, 7) is 6.42. The fourth-order valence-electron chi connectivity index (χ4n) is 1.50. The molecule has 0 bridgehead atoms. The fourth-order valence-corrected chi connectivity index (χ4v) is 1.50. The third-order valence-corrected chi connectivity index (χ3v) is 2.38. The number of nitrogens with zero attached hydrogens (tertiary/aromatic N) is 1. The van der Waals surface area contributed by atoms with Crippen molar-refractivity contribution in [2.24, 2.45) is 5.73 Å². The lowest BCUT2D eigenvalue weighted by Gasteiger charge is -2.23. The number of aromatic nitrogens is 1. The molecule has 0 spiro atoms. The monoisotopic (exact) mass is 236 g/mol. The van der Waals surface area contributed by atoms with E-state index < -0.39 is 0 Å². The van der Waals surface area contributed by atoms with Gasteiger partial charge in [0, 0.05) is 18.3 Å². The van der Waals surface area contributed by atoms with Crippen LogP contribution in [0.1, 0.15) is 39.2 Å². The molecule has 1 heterocycles. The molecule has 2 N–H and O–H groups in total. The van der Waals surface area contributed by atoms with Crippen molar-refractivity contribution in [1.29, 1.82) is 0 Å². The Balaban J connectivity index is 2.28. The van der Waals surface area contributed by atoms with E-state index in [9.17, 15) is 0 Å². The molecule has 0 aliphatic heterocycles. The first-order valence-corrected chi connectivity index (χ1v) is 6.02. The summed E-state index contributed by atoms with van der Waals surface area (Å²) in [4.78, 5) is 4.14. The second-order valence-electron chi connectivity index (χ2n) is 5.36. The summed E-state index contributed by atoms with van der Waals surface area (Å²) < 4.78 is 11.7. The van der Waals surface area contributed by atoms with Crippen molar-refractivity contribution in [2.75, 3.05) is 0 Å². The summed E-state index contributed by atoms with van der Waals surface area (Å²) >= 11 is 0. The molecule has 1 aromatic heterocycles. The Morgan fingerprint density at radius 1 is 1.35 bits per heavy atom. The number of nitrogens with two attached hydrogens (primary N) is 1. The highest BCUT2D eigenvalue weighted by Gasteiger charge is 2.27. The number of rotatable bonds is 4. The first kappa shape index (κ1) is 12.2. The third kappa shape index (κ3) is 3.33. The van der Waals surface area contributed by atoms with Crippen LogP contribution in [0.25, 0.3) is 0 Å². The Kier molecular flexibility index (Phi) is 3.24. The van der Waals surface area contributed by atoms with Gasteiger partial charge in [-0.25, -0.2) is 0 Å². The molecule has 4 heteroatoms. The van der Waals surface area contributed by atoms with Gasteiger partial charge in [0.05, 0.1) is 12.3 Å². The maximum Gasteiger partial charge on any atom is 0.180 e. The predicted molar refractivity (Wildman–Crippen MR) is 66.2 cm³/mol. The van der Waals surface area contributed by atoms with Crippen LogP contribution in [0.5, 0.6) is 11.5 Å². The maximum atomic E-state index is 5.88. The summed E-state index contributed by atoms with van der Waals surface area (Å²) in [6, 6.07) is 0. The van der Waals surface area contributed by atoms with Crippen molar-refractivity contribution in [1.82, 2.24) is 4.98 Å². The van der Waals surface area contributed by atoms with Gasteiger partial charge in [0.25, 0.3) is 0 Å². The number of hydrogen-bond donors (Lipinski definition) is 1. The molecule has 17 heavy (non-hydrogen) atoms. The van der Waals surface area contributed by atoms with E-state index >= 15 is 0 Å². The molecule has 1 fully saturated rings. The van der Waals surface area contributed by atoms with Gasteiger partial charge in [-0.2, -0.15) is 0 Å². The van der Waals surface area contributed by atoms with Crippen LogP contribution in [-0.4, -0.2) is 16.7 Å². The lowest BCUT2D eigenvalue weighted by atomic mass is 10.2. The van der Waals surface area contributed by atoms with Gasteiger partial charge in [-0.05, 0) is 33.6 Å². The molecule has 1 saturated carbocycles. The minimum Gasteiger partial charge on any atom is -0.486 e. The number of hydrogen-bond acceptors (Lipinski definition) is 4. The van der Waals surface area contributed by atoms with Crippen molar-refractivity contribution < 1.29 is 9.47 Å². The summed E-state index contributed by atoms with van der Waals surface area (Å²) in [6.07, 6.45) is 5.99. The molecular formula is C13H20N2O2. The molecule has 0 saturated heterocycles. The van der Waals surface area contributed by atoms with Gasteiger partial charge >= 0.3 is 0 Å². The average molecular weight is 236 g/mol. The molecule has 2 rings (SSSR count). The standard InChI is InChI=1S/C13H20N2O2/c1-13(2,3)17-11-8-15-7-9(6-14)12(11)16-10-4-5-10/h7-8,10H,4-6,14H2,1-3H3. The molecule has 0 atom stereocenters. The van der Waals surface area contributed by atoms with Crippen LogP contribution in [0, 0.1) is 0 Å². The van der Waals surface area contributed by atoms with Crippen molar-refractivity contribution >= 4 is 0 Å². The van der Waals surface area contributed by atoms with E-state index in [1.165, 1.54) is 0 Å². The van der Waals surface area contributed by atoms with E-state index in [-0.39, 0.29) is 5.60 Å². The number of ether oxygens (including phenoxy) is 2. The van der Waals surface area contributed by atoms with Crippen molar-refractivity contribution in [3.63, 3.8) is 0 Å². The van der Waals surface area contributed by atoms with Gasteiger partial charge in [0.2, 0.25) is 0 Å². The quantitative estimate of drug-likeness (QED) is 0.871. The van der Waals surface area contributed by atoms with E-state index in [4.69, 9.17) is 15.2 Å². The third-order valence-electron chi connectivity index (χ3n) is 2.38. The average Bonchev–Trinajstić information content (AvgIpc) is 3.02. The van der Waals surface area contributed by atoms with E-state index in [0.717, 1.165) is 24.2 Å². The summed E-state index contributed by atoms with van der Waals surface area (Å²) in [5.41, 5.74) is 6.34. The van der Waals surface area contributed by atoms with Crippen molar-refractivity contribution in [3.8, 4) is 11.5 Å². The zero-order valence-electron chi connectivity index (χ0n) is 10.7. The lowest BCUT2D eigenvalue weighted by molar-refractivity contribution is 0.121. The molecule has 1 aromatic rings. The van der Waals surface area contributed by atoms with Gasteiger partial charge in [-0.3, -0.25) is 4.98 Å². The van der Waals surface area contributed by atoms with Crippen molar-refractivity contribution in [2.45, 2.75) is 51.9 Å². The van der Waals surface area contributed by atoms with E-state index in [1.54, 1.807) is 12.4 Å². The summed E-state index contributed by atoms with van der Waals surface area (Å²) in [7, 11) is 0. The van der Waals surface area contributed by atoms with E-state index in [0.29, 0.717) is 18.4 Å². The van der Waals surface area contributed by atoms with Crippen LogP contribution in [0.15, 0.2) is 12.4 Å². The molecule has 0 radical (unpaired) electrons. The van der Waals surface area contributed by atoms with Crippen LogP contribution < -0.4 is 15.2 Å². The molecular weight excluding hydrogens is 216 g/mol. The van der Waals surface area contributed by atoms with Crippen molar-refractivity contribution in [3.05, 3.63) is 18.0 Å². The molecule has 4 nitrogen and oxygen atoms in total. The van der Waals surface area contributed by atoms with Gasteiger partial charge in [0.1, 0.15) is 5.60 Å². The second-order valence-corrected chi connectivity index (χ2v) is 5.36. The summed E-state index contributed by atoms with van der Waals surface area (Å²) in [5, 5.41) is 0. The van der Waals surface area contributed by atoms with Crippen LogP contribution in [0.3, 0.4) is 0 Å². The van der Waals surface area contributed by atoms with E-state index in [2.05, 4.69) is 4.98 Å². The molecule has 0 unspecified atom stereocenters. The molecule has 1 aliphatic carbocycles. The highest BCUT2D eigenvalue weighted by Crippen LogP contribution is 2.37. The lowest BCUT2D eigenvalue weighted by Crippen LogP contribution is -2.24. The first-order chi connectivity index (χ1) is 7.99. The van der Waals surface area contributed by atoms with Gasteiger partial charge in [-0.15, -0.1) is 0 Å². The highest BCUT2D eigenvalue weighted by atomic mass is 16.5. The molecule has 0 aromatic carbocycles. The van der Waals surface area contributed by atoms with Gasteiger partial charge < -0.3 is 15.2 Å². The number of pyridine rings is 1. The normalized spacial score (nSPS) is 15.8. The molecule has 1 aliphatic rings. The van der Waals surface area contributed by atoms with Gasteiger partial charge in [0.15, 0.2) is 11.5 Å². The SMILES string of the molecule is CC(C)(C)Oc1cncc(CN)c1OC1CC1. The zero-order valence-corrected chi connectivity index (χ0v) is 10.7. The second kappa shape index (κ2) is 4.53. The topological polar surface area (TPSA) is 57.4 Å². The minimum absolute atomic E-state index is 0.267. The Morgan fingerprint density at radius 3 is 2.59 bits per heavy atom. The highest BCUT2D eigenvalue weighted by molar-refractivity contribution is 5.44. The Morgan fingerprint density at radius 2 is 2.06 bits per heavy atom. The van der Waals surface area contributed by atoms with Crippen LogP contribution in [0.2, 0.25) is 0 Å². The Hall–Kier alpha value is -1.29. The Bertz CT molecular complexity index is 395. The first-order valence-electron chi connectivity index (χ1n) is 6.02. The fraction of sp³-hybridized carbons (Fsp3) is 0.615. The minimum atomic E-state index is -0.267. The zero-order chi connectivity index (χ0) is 12.5. The van der Waals surface area contributed by atoms with E-state index in [1.807, 2.05) is 20.8 Å². The van der Waals surface area contributed by atoms with Crippen LogP contribution >= 0.6 is 0 Å². The van der Waals surface area contributed by atoms with Crippen LogP contribution in [0.4, 0.5) is 0 Å².